The molecule has 0 aromatic carbocycles. The predicted molar refractivity (Wildman–Crippen MR) is 99.3 cm³/mol. The van der Waals surface area contributed by atoms with Crippen molar-refractivity contribution in [3.05, 3.63) is 0 Å². The molecule has 0 radical (unpaired) electrons. The van der Waals surface area contributed by atoms with Crippen molar-refractivity contribution in [3.8, 4) is 0 Å². The smallest absolute Gasteiger partial charge is 0.317 e. The maximum absolute atomic E-state index is 12.8. The van der Waals surface area contributed by atoms with E-state index in [1.807, 2.05) is 9.80 Å². The van der Waals surface area contributed by atoms with Gasteiger partial charge in [-0.25, -0.2) is 4.79 Å². The van der Waals surface area contributed by atoms with Crippen LogP contribution < -0.4 is 5.32 Å². The topological polar surface area (TPSA) is 52.7 Å². The van der Waals surface area contributed by atoms with Gasteiger partial charge in [-0.1, -0.05) is 33.6 Å². The van der Waals surface area contributed by atoms with Crippen LogP contribution in [-0.4, -0.2) is 53.5 Å². The van der Waals surface area contributed by atoms with Crippen LogP contribution in [0.3, 0.4) is 0 Å². The minimum Gasteiger partial charge on any atom is -0.340 e. The number of carbonyl (C=O) groups is 2. The standard InChI is InChI=1S/C20H35N3O2/c1-20(2,3)16-7-4-5-8-17(16)21-19(25)22-13-10-15(11-14-22)23-12-6-9-18(23)24/h15-17H,4-14H2,1-3H3,(H,21,25)/t16-,17-/m1/s1. The van der Waals surface area contributed by atoms with Crippen molar-refractivity contribution in [2.75, 3.05) is 19.6 Å². The molecule has 3 amide bonds. The van der Waals surface area contributed by atoms with Crippen LogP contribution in [0.15, 0.2) is 0 Å². The van der Waals surface area contributed by atoms with Crippen molar-refractivity contribution >= 4 is 11.9 Å². The number of amides is 3. The average molecular weight is 350 g/mol. The molecule has 2 saturated heterocycles. The van der Waals surface area contributed by atoms with Crippen molar-refractivity contribution in [1.29, 1.82) is 0 Å². The highest BCUT2D eigenvalue weighted by Gasteiger charge is 2.37. The Hall–Kier alpha value is -1.26. The van der Waals surface area contributed by atoms with Crippen molar-refractivity contribution in [2.24, 2.45) is 11.3 Å². The van der Waals surface area contributed by atoms with Crippen LogP contribution in [-0.2, 0) is 4.79 Å². The van der Waals surface area contributed by atoms with Gasteiger partial charge in [0.1, 0.15) is 0 Å². The van der Waals surface area contributed by atoms with Gasteiger partial charge in [0.25, 0.3) is 0 Å². The highest BCUT2D eigenvalue weighted by Crippen LogP contribution is 2.38. The molecule has 3 aliphatic rings. The SMILES string of the molecule is CC(C)(C)[C@@H]1CCCC[C@H]1NC(=O)N1CCC(N2CCCC2=O)CC1. The summed E-state index contributed by atoms with van der Waals surface area (Å²) in [7, 11) is 0. The summed E-state index contributed by atoms with van der Waals surface area (Å²) in [6, 6.07) is 0.752. The minimum atomic E-state index is 0.104. The third kappa shape index (κ3) is 4.29. The summed E-state index contributed by atoms with van der Waals surface area (Å²) in [6.07, 6.45) is 8.37. The lowest BCUT2D eigenvalue weighted by atomic mass is 9.69. The van der Waals surface area contributed by atoms with E-state index in [1.165, 1.54) is 19.3 Å². The molecule has 2 aliphatic heterocycles. The quantitative estimate of drug-likeness (QED) is 0.831. The first-order valence-electron chi connectivity index (χ1n) is 10.2. The number of likely N-dealkylation sites (tertiary alicyclic amines) is 2. The Balaban J connectivity index is 1.51. The Bertz CT molecular complexity index is 492. The monoisotopic (exact) mass is 349 g/mol. The number of hydrogen-bond acceptors (Lipinski definition) is 2. The van der Waals surface area contributed by atoms with E-state index in [9.17, 15) is 9.59 Å². The van der Waals surface area contributed by atoms with Crippen LogP contribution >= 0.6 is 0 Å². The zero-order valence-electron chi connectivity index (χ0n) is 16.2. The lowest BCUT2D eigenvalue weighted by Gasteiger charge is -2.42. The van der Waals surface area contributed by atoms with E-state index in [0.717, 1.165) is 45.3 Å². The Kier molecular flexibility index (Phi) is 5.59. The van der Waals surface area contributed by atoms with Gasteiger partial charge in [-0.3, -0.25) is 4.79 Å². The lowest BCUT2D eigenvalue weighted by molar-refractivity contribution is -0.130. The second kappa shape index (κ2) is 7.55. The number of rotatable bonds is 2. The zero-order valence-corrected chi connectivity index (χ0v) is 16.2. The van der Waals surface area contributed by atoms with E-state index in [2.05, 4.69) is 26.1 Å². The van der Waals surface area contributed by atoms with Gasteiger partial charge < -0.3 is 15.1 Å². The molecule has 1 N–H and O–H groups in total. The summed E-state index contributed by atoms with van der Waals surface area (Å²) >= 11 is 0. The van der Waals surface area contributed by atoms with Gasteiger partial charge in [-0.15, -0.1) is 0 Å². The Morgan fingerprint density at radius 3 is 2.28 bits per heavy atom. The third-order valence-electron chi connectivity index (χ3n) is 6.49. The number of piperidine rings is 1. The van der Waals surface area contributed by atoms with Crippen LogP contribution in [0, 0.1) is 11.3 Å². The number of carbonyl (C=O) groups excluding carboxylic acids is 2. The number of hydrogen-bond donors (Lipinski definition) is 1. The summed E-state index contributed by atoms with van der Waals surface area (Å²) in [5.41, 5.74) is 0.238. The molecule has 0 spiro atoms. The molecule has 5 nitrogen and oxygen atoms in total. The number of urea groups is 1. The van der Waals surface area contributed by atoms with Crippen LogP contribution in [0.1, 0.15) is 72.1 Å². The van der Waals surface area contributed by atoms with Gasteiger partial charge in [0.05, 0.1) is 0 Å². The molecule has 25 heavy (non-hydrogen) atoms. The maximum Gasteiger partial charge on any atom is 0.317 e. The molecule has 3 rings (SSSR count). The molecule has 2 atom stereocenters. The predicted octanol–water partition coefficient (Wildman–Crippen LogP) is 3.39. The largest absolute Gasteiger partial charge is 0.340 e. The third-order valence-corrected chi connectivity index (χ3v) is 6.49. The second-order valence-electron chi connectivity index (χ2n) is 9.22. The average Bonchev–Trinajstić information content (AvgIpc) is 3.00. The molecule has 0 bridgehead atoms. The van der Waals surface area contributed by atoms with Crippen LogP contribution in [0.5, 0.6) is 0 Å². The molecule has 1 aliphatic carbocycles. The molecule has 0 aromatic rings. The van der Waals surface area contributed by atoms with E-state index >= 15 is 0 Å². The summed E-state index contributed by atoms with van der Waals surface area (Å²) in [6.45, 7) is 9.33. The van der Waals surface area contributed by atoms with Crippen molar-refractivity contribution in [2.45, 2.75) is 84.2 Å². The van der Waals surface area contributed by atoms with E-state index in [0.29, 0.717) is 30.3 Å². The first-order chi connectivity index (χ1) is 11.9. The first kappa shape index (κ1) is 18.5. The fourth-order valence-corrected chi connectivity index (χ4v) is 5.03. The zero-order chi connectivity index (χ0) is 18.0. The fraction of sp³-hybridized carbons (Fsp3) is 0.900. The first-order valence-corrected chi connectivity index (χ1v) is 10.2. The molecule has 5 heteroatoms. The minimum absolute atomic E-state index is 0.104. The van der Waals surface area contributed by atoms with E-state index in [1.54, 1.807) is 0 Å². The Labute approximate surface area is 152 Å². The van der Waals surface area contributed by atoms with Gasteiger partial charge >= 0.3 is 6.03 Å². The highest BCUT2D eigenvalue weighted by molar-refractivity contribution is 5.78. The number of nitrogens with one attached hydrogen (secondary N) is 1. The van der Waals surface area contributed by atoms with Gasteiger partial charge in [0.2, 0.25) is 5.91 Å². The summed E-state index contributed by atoms with van der Waals surface area (Å²) in [4.78, 5) is 28.7. The molecule has 0 aromatic heterocycles. The summed E-state index contributed by atoms with van der Waals surface area (Å²) < 4.78 is 0. The van der Waals surface area contributed by atoms with Gasteiger partial charge in [-0.05, 0) is 43.4 Å². The maximum atomic E-state index is 12.8. The van der Waals surface area contributed by atoms with Crippen LogP contribution in [0.2, 0.25) is 0 Å². The van der Waals surface area contributed by atoms with Gasteiger partial charge in [-0.2, -0.15) is 0 Å². The molecular formula is C20H35N3O2. The van der Waals surface area contributed by atoms with E-state index in [-0.39, 0.29) is 11.4 Å². The van der Waals surface area contributed by atoms with Gasteiger partial charge in [0, 0.05) is 38.1 Å². The van der Waals surface area contributed by atoms with E-state index < -0.39 is 0 Å². The highest BCUT2D eigenvalue weighted by atomic mass is 16.2. The second-order valence-corrected chi connectivity index (χ2v) is 9.22. The van der Waals surface area contributed by atoms with Gasteiger partial charge in [0.15, 0.2) is 0 Å². The Morgan fingerprint density at radius 2 is 1.68 bits per heavy atom. The molecule has 2 heterocycles. The Morgan fingerprint density at radius 1 is 1.00 bits per heavy atom. The molecule has 0 unspecified atom stereocenters. The molecule has 142 valence electrons. The molecule has 3 fully saturated rings. The van der Waals surface area contributed by atoms with Crippen molar-refractivity contribution in [1.82, 2.24) is 15.1 Å². The van der Waals surface area contributed by atoms with E-state index in [4.69, 9.17) is 0 Å². The summed E-state index contributed by atoms with van der Waals surface area (Å²) in [5.74, 6) is 0.864. The van der Waals surface area contributed by atoms with Crippen molar-refractivity contribution < 1.29 is 9.59 Å². The lowest BCUT2D eigenvalue weighted by Crippen LogP contribution is -2.54. The molecular weight excluding hydrogens is 314 g/mol. The fourth-order valence-electron chi connectivity index (χ4n) is 5.03. The van der Waals surface area contributed by atoms with Crippen molar-refractivity contribution in [3.63, 3.8) is 0 Å². The summed E-state index contributed by atoms with van der Waals surface area (Å²) in [5, 5.41) is 3.34. The van der Waals surface area contributed by atoms with Crippen LogP contribution in [0.4, 0.5) is 4.79 Å². The molecule has 1 saturated carbocycles. The van der Waals surface area contributed by atoms with Crippen LogP contribution in [0.25, 0.3) is 0 Å². The number of nitrogens with zero attached hydrogens (tertiary/aromatic N) is 2. The normalized spacial score (nSPS) is 29.2.